The molecule has 0 spiro atoms. The molecule has 0 unspecified atom stereocenters. The fraction of sp³-hybridized carbons (Fsp3) is 0.500. The predicted molar refractivity (Wildman–Crippen MR) is 58.5 cm³/mol. The molecule has 1 aliphatic rings. The van der Waals surface area contributed by atoms with Crippen LogP contribution in [0.4, 0.5) is 11.5 Å². The average Bonchev–Trinajstić information content (AvgIpc) is 2.12. The third kappa shape index (κ3) is 1.71. The van der Waals surface area contributed by atoms with Gasteiger partial charge in [0.05, 0.1) is 10.5 Å². The molecule has 0 saturated carbocycles. The minimum atomic E-state index is -0.765. The van der Waals surface area contributed by atoms with Crippen LogP contribution in [0, 0.1) is 17.0 Å². The van der Waals surface area contributed by atoms with Crippen LogP contribution in [0.15, 0.2) is 12.3 Å². The lowest BCUT2D eigenvalue weighted by molar-refractivity contribution is -0.385. The quantitative estimate of drug-likeness (QED) is 0.594. The first kappa shape index (κ1) is 10.8. The molecule has 0 atom stereocenters. The molecule has 6 nitrogen and oxygen atoms in total. The second kappa shape index (κ2) is 3.41. The smallest absolute Gasteiger partial charge is 0.314 e. The molecule has 2 heterocycles. The van der Waals surface area contributed by atoms with E-state index in [1.165, 1.54) is 0 Å². The van der Waals surface area contributed by atoms with E-state index in [4.69, 9.17) is 0 Å². The summed E-state index contributed by atoms with van der Waals surface area (Å²) in [7, 11) is 0. The van der Waals surface area contributed by atoms with E-state index in [9.17, 15) is 15.2 Å². The van der Waals surface area contributed by atoms with Crippen LogP contribution in [-0.2, 0) is 0 Å². The number of nitrogens with zero attached hydrogens (tertiary/aromatic N) is 3. The van der Waals surface area contributed by atoms with Crippen molar-refractivity contribution in [3.63, 3.8) is 0 Å². The van der Waals surface area contributed by atoms with Crippen molar-refractivity contribution in [2.45, 2.75) is 19.4 Å². The highest BCUT2D eigenvalue weighted by molar-refractivity contribution is 5.63. The lowest BCUT2D eigenvalue weighted by Gasteiger charge is -2.44. The van der Waals surface area contributed by atoms with Gasteiger partial charge < -0.3 is 10.0 Å². The van der Waals surface area contributed by atoms with Crippen LogP contribution in [-0.4, -0.2) is 33.7 Å². The summed E-state index contributed by atoms with van der Waals surface area (Å²) in [6.45, 7) is 4.14. The zero-order valence-corrected chi connectivity index (χ0v) is 9.17. The molecule has 0 bridgehead atoms. The van der Waals surface area contributed by atoms with Gasteiger partial charge in [0.15, 0.2) is 0 Å². The van der Waals surface area contributed by atoms with Crippen LogP contribution >= 0.6 is 0 Å². The zero-order chi connectivity index (χ0) is 11.9. The van der Waals surface area contributed by atoms with Crippen molar-refractivity contribution in [3.05, 3.63) is 27.9 Å². The highest BCUT2D eigenvalue weighted by atomic mass is 16.6. The fourth-order valence-corrected chi connectivity index (χ4v) is 1.92. The van der Waals surface area contributed by atoms with Gasteiger partial charge in [0.2, 0.25) is 5.82 Å². The Morgan fingerprint density at radius 1 is 1.62 bits per heavy atom. The lowest BCUT2D eigenvalue weighted by atomic mass is 9.96. The van der Waals surface area contributed by atoms with Gasteiger partial charge in [0.25, 0.3) is 0 Å². The van der Waals surface area contributed by atoms with E-state index in [2.05, 4.69) is 4.98 Å². The second-order valence-corrected chi connectivity index (χ2v) is 4.41. The van der Waals surface area contributed by atoms with Crippen LogP contribution in [0.1, 0.15) is 12.5 Å². The molecule has 1 aromatic rings. The lowest BCUT2D eigenvalue weighted by Crippen LogP contribution is -2.60. The Kier molecular flexibility index (Phi) is 2.31. The van der Waals surface area contributed by atoms with Gasteiger partial charge >= 0.3 is 5.69 Å². The Bertz CT molecular complexity index is 437. The maximum atomic E-state index is 10.9. The number of aromatic nitrogens is 1. The number of rotatable bonds is 2. The van der Waals surface area contributed by atoms with Crippen molar-refractivity contribution in [2.24, 2.45) is 0 Å². The van der Waals surface area contributed by atoms with E-state index in [-0.39, 0.29) is 5.69 Å². The monoisotopic (exact) mass is 223 g/mol. The number of pyridine rings is 1. The number of anilines is 1. The van der Waals surface area contributed by atoms with Gasteiger partial charge in [-0.25, -0.2) is 4.98 Å². The highest BCUT2D eigenvalue weighted by Gasteiger charge is 2.40. The SMILES string of the molecule is Cc1ccnc(N2CC(C)(O)C2)c1[N+](=O)[O-]. The molecule has 1 N–H and O–H groups in total. The maximum Gasteiger partial charge on any atom is 0.314 e. The molecule has 1 aromatic heterocycles. The summed E-state index contributed by atoms with van der Waals surface area (Å²) in [5.41, 5.74) is -0.154. The molecule has 0 amide bonds. The van der Waals surface area contributed by atoms with Crippen molar-refractivity contribution in [2.75, 3.05) is 18.0 Å². The van der Waals surface area contributed by atoms with E-state index < -0.39 is 10.5 Å². The van der Waals surface area contributed by atoms with Gasteiger partial charge in [0, 0.05) is 24.8 Å². The first-order valence-electron chi connectivity index (χ1n) is 4.98. The Hall–Kier alpha value is -1.69. The molecule has 1 aliphatic heterocycles. The minimum Gasteiger partial charge on any atom is -0.386 e. The number of aliphatic hydroxyl groups is 1. The summed E-state index contributed by atoms with van der Waals surface area (Å²) >= 11 is 0. The van der Waals surface area contributed by atoms with Gasteiger partial charge in [-0.1, -0.05) is 0 Å². The Balaban J connectivity index is 2.35. The van der Waals surface area contributed by atoms with E-state index >= 15 is 0 Å². The van der Waals surface area contributed by atoms with Crippen molar-refractivity contribution in [3.8, 4) is 0 Å². The van der Waals surface area contributed by atoms with Crippen molar-refractivity contribution in [1.29, 1.82) is 0 Å². The molecule has 1 saturated heterocycles. The standard InChI is InChI=1S/C10H13N3O3/c1-7-3-4-11-9(8(7)13(15)16)12-5-10(2,14)6-12/h3-4,14H,5-6H2,1-2H3. The number of hydrogen-bond acceptors (Lipinski definition) is 5. The number of nitro groups is 1. The third-order valence-corrected chi connectivity index (χ3v) is 2.65. The summed E-state index contributed by atoms with van der Waals surface area (Å²) in [6.07, 6.45) is 1.55. The minimum absolute atomic E-state index is 0.0259. The maximum absolute atomic E-state index is 10.9. The van der Waals surface area contributed by atoms with Crippen LogP contribution in [0.25, 0.3) is 0 Å². The molecule has 6 heteroatoms. The summed E-state index contributed by atoms with van der Waals surface area (Å²) in [4.78, 5) is 16.2. The molecule has 16 heavy (non-hydrogen) atoms. The van der Waals surface area contributed by atoms with Crippen molar-refractivity contribution in [1.82, 2.24) is 4.98 Å². The summed E-state index contributed by atoms with van der Waals surface area (Å²) in [6, 6.07) is 1.61. The molecular weight excluding hydrogens is 210 g/mol. The number of hydrogen-bond donors (Lipinski definition) is 1. The van der Waals surface area contributed by atoms with E-state index in [1.54, 1.807) is 31.0 Å². The molecule has 86 valence electrons. The Labute approximate surface area is 92.7 Å². The van der Waals surface area contributed by atoms with Crippen LogP contribution in [0.3, 0.4) is 0 Å². The fourth-order valence-electron chi connectivity index (χ4n) is 1.92. The van der Waals surface area contributed by atoms with Crippen LogP contribution in [0.2, 0.25) is 0 Å². The third-order valence-electron chi connectivity index (χ3n) is 2.65. The number of β-amino-alcohol motifs (C(OH)–C–C–N with tert-alkyl or cyclic N) is 1. The van der Waals surface area contributed by atoms with Crippen molar-refractivity contribution < 1.29 is 10.0 Å². The van der Waals surface area contributed by atoms with E-state index in [1.807, 2.05) is 0 Å². The molecule has 0 radical (unpaired) electrons. The summed E-state index contributed by atoms with van der Waals surface area (Å²) in [5, 5.41) is 20.5. The Morgan fingerprint density at radius 2 is 2.25 bits per heavy atom. The topological polar surface area (TPSA) is 79.5 Å². The van der Waals surface area contributed by atoms with Gasteiger partial charge in [0.1, 0.15) is 0 Å². The zero-order valence-electron chi connectivity index (χ0n) is 9.17. The van der Waals surface area contributed by atoms with E-state index in [0.717, 1.165) is 0 Å². The molecule has 2 rings (SSSR count). The second-order valence-electron chi connectivity index (χ2n) is 4.41. The molecule has 1 fully saturated rings. The van der Waals surface area contributed by atoms with Crippen LogP contribution < -0.4 is 4.90 Å². The van der Waals surface area contributed by atoms with Crippen molar-refractivity contribution >= 4 is 11.5 Å². The van der Waals surface area contributed by atoms with Gasteiger partial charge in [-0.2, -0.15) is 0 Å². The average molecular weight is 223 g/mol. The summed E-state index contributed by atoms with van der Waals surface area (Å²) in [5.74, 6) is 0.344. The first-order valence-corrected chi connectivity index (χ1v) is 4.98. The first-order chi connectivity index (χ1) is 7.41. The molecule has 0 aliphatic carbocycles. The number of aryl methyl sites for hydroxylation is 1. The molecular formula is C10H13N3O3. The van der Waals surface area contributed by atoms with Crippen LogP contribution in [0.5, 0.6) is 0 Å². The Morgan fingerprint density at radius 3 is 2.75 bits per heavy atom. The molecule has 0 aromatic carbocycles. The van der Waals surface area contributed by atoms with Gasteiger partial charge in [-0.15, -0.1) is 0 Å². The highest BCUT2D eigenvalue weighted by Crippen LogP contribution is 2.34. The van der Waals surface area contributed by atoms with Gasteiger partial charge in [-0.3, -0.25) is 10.1 Å². The van der Waals surface area contributed by atoms with E-state index in [0.29, 0.717) is 24.5 Å². The normalized spacial score (nSPS) is 18.1. The summed E-state index contributed by atoms with van der Waals surface area (Å²) < 4.78 is 0. The van der Waals surface area contributed by atoms with Gasteiger partial charge in [-0.05, 0) is 19.9 Å². The largest absolute Gasteiger partial charge is 0.386 e. The predicted octanol–water partition coefficient (Wildman–Crippen LogP) is 0.869.